The lowest BCUT2D eigenvalue weighted by Gasteiger charge is -1.97. The number of benzene rings is 1. The molecule has 3 aromatic heterocycles. The van der Waals surface area contributed by atoms with Crippen LogP contribution >= 0.6 is 0 Å². The summed E-state index contributed by atoms with van der Waals surface area (Å²) in [6, 6.07) is 10.5. The number of para-hydroxylation sites is 1. The highest BCUT2D eigenvalue weighted by Crippen LogP contribution is 2.29. The van der Waals surface area contributed by atoms with E-state index in [0.29, 0.717) is 22.8 Å². The van der Waals surface area contributed by atoms with Gasteiger partial charge in [-0.25, -0.2) is 14.4 Å². The van der Waals surface area contributed by atoms with Crippen LogP contribution in [0.5, 0.6) is 0 Å². The zero-order chi connectivity index (χ0) is 13.7. The third kappa shape index (κ3) is 1.46. The fraction of sp³-hybridized carbons (Fsp3) is 0.0667. The summed E-state index contributed by atoms with van der Waals surface area (Å²) in [5.74, 6) is 0.832. The van der Waals surface area contributed by atoms with Gasteiger partial charge in [-0.15, -0.1) is 0 Å². The molecule has 0 saturated heterocycles. The van der Waals surface area contributed by atoms with E-state index < -0.39 is 0 Å². The summed E-state index contributed by atoms with van der Waals surface area (Å²) in [7, 11) is 1.84. The summed E-state index contributed by atoms with van der Waals surface area (Å²) >= 11 is 0. The molecule has 0 aliphatic rings. The Balaban J connectivity index is 2.02. The monoisotopic (exact) mass is 267 g/mol. The molecule has 20 heavy (non-hydrogen) atoms. The highest BCUT2D eigenvalue weighted by molar-refractivity contribution is 5.83. The van der Waals surface area contributed by atoms with E-state index in [1.54, 1.807) is 12.3 Å². The number of aryl methyl sites for hydroxylation is 1. The third-order valence-corrected chi connectivity index (χ3v) is 3.38. The van der Waals surface area contributed by atoms with Crippen LogP contribution in [-0.4, -0.2) is 14.5 Å². The summed E-state index contributed by atoms with van der Waals surface area (Å²) < 4.78 is 21.3. The van der Waals surface area contributed by atoms with Gasteiger partial charge in [-0.3, -0.25) is 0 Å². The van der Waals surface area contributed by atoms with Crippen molar-refractivity contribution in [3.05, 3.63) is 48.4 Å². The minimum atomic E-state index is -0.335. The van der Waals surface area contributed by atoms with Gasteiger partial charge in [-0.05, 0) is 30.3 Å². The van der Waals surface area contributed by atoms with Crippen LogP contribution in [0.2, 0.25) is 0 Å². The summed E-state index contributed by atoms with van der Waals surface area (Å²) in [5.41, 5.74) is 1.63. The van der Waals surface area contributed by atoms with E-state index in [9.17, 15) is 4.39 Å². The van der Waals surface area contributed by atoms with Crippen LogP contribution in [0, 0.1) is 5.82 Å². The third-order valence-electron chi connectivity index (χ3n) is 3.38. The highest BCUT2D eigenvalue weighted by atomic mass is 19.1. The summed E-state index contributed by atoms with van der Waals surface area (Å²) in [6.07, 6.45) is 1.67. The quantitative estimate of drug-likeness (QED) is 0.530. The zero-order valence-electron chi connectivity index (χ0n) is 10.7. The summed E-state index contributed by atoms with van der Waals surface area (Å²) in [5, 5.41) is 0.898. The number of hydrogen-bond donors (Lipinski definition) is 0. The Hall–Kier alpha value is -2.69. The molecule has 0 saturated carbocycles. The highest BCUT2D eigenvalue weighted by Gasteiger charge is 2.16. The van der Waals surface area contributed by atoms with Gasteiger partial charge in [0, 0.05) is 18.6 Å². The molecule has 0 radical (unpaired) electrons. The van der Waals surface area contributed by atoms with Crippen LogP contribution in [0.3, 0.4) is 0 Å². The van der Waals surface area contributed by atoms with Crippen LogP contribution in [0.15, 0.2) is 47.0 Å². The molecule has 0 bridgehead atoms. The molecular weight excluding hydrogens is 257 g/mol. The molecule has 5 heteroatoms. The number of rotatable bonds is 1. The van der Waals surface area contributed by atoms with E-state index in [-0.39, 0.29) is 5.82 Å². The SMILES string of the molecule is Cn1c(-c2cc3cccnc3o2)nc2c(F)cccc21. The first-order valence-electron chi connectivity index (χ1n) is 6.20. The predicted octanol–water partition coefficient (Wildman–Crippen LogP) is 3.52. The largest absolute Gasteiger partial charge is 0.434 e. The molecule has 4 nitrogen and oxygen atoms in total. The van der Waals surface area contributed by atoms with Crippen molar-refractivity contribution in [2.45, 2.75) is 0 Å². The van der Waals surface area contributed by atoms with E-state index in [0.717, 1.165) is 10.9 Å². The van der Waals surface area contributed by atoms with Crippen molar-refractivity contribution < 1.29 is 8.81 Å². The lowest BCUT2D eigenvalue weighted by molar-refractivity contribution is 0.609. The predicted molar refractivity (Wildman–Crippen MR) is 73.7 cm³/mol. The van der Waals surface area contributed by atoms with E-state index in [1.807, 2.05) is 35.9 Å². The molecule has 4 aromatic rings. The average molecular weight is 267 g/mol. The van der Waals surface area contributed by atoms with Crippen LogP contribution in [-0.2, 0) is 7.05 Å². The first kappa shape index (κ1) is 11.2. The Morgan fingerprint density at radius 3 is 2.90 bits per heavy atom. The lowest BCUT2D eigenvalue weighted by Crippen LogP contribution is -1.90. The fourth-order valence-electron chi connectivity index (χ4n) is 2.38. The molecule has 0 aliphatic carbocycles. The smallest absolute Gasteiger partial charge is 0.226 e. The van der Waals surface area contributed by atoms with Crippen LogP contribution in [0.1, 0.15) is 0 Å². The molecule has 1 aromatic carbocycles. The second kappa shape index (κ2) is 3.90. The molecule has 0 spiro atoms. The van der Waals surface area contributed by atoms with Crippen molar-refractivity contribution in [3.63, 3.8) is 0 Å². The van der Waals surface area contributed by atoms with E-state index in [4.69, 9.17) is 4.42 Å². The number of pyridine rings is 1. The van der Waals surface area contributed by atoms with Gasteiger partial charge in [0.25, 0.3) is 0 Å². The van der Waals surface area contributed by atoms with Crippen molar-refractivity contribution in [1.82, 2.24) is 14.5 Å². The minimum Gasteiger partial charge on any atom is -0.434 e. The fourth-order valence-corrected chi connectivity index (χ4v) is 2.38. The maximum atomic E-state index is 13.8. The van der Waals surface area contributed by atoms with Crippen molar-refractivity contribution in [1.29, 1.82) is 0 Å². The van der Waals surface area contributed by atoms with Gasteiger partial charge in [0.1, 0.15) is 5.52 Å². The van der Waals surface area contributed by atoms with Crippen LogP contribution in [0.4, 0.5) is 4.39 Å². The Bertz CT molecular complexity index is 906. The Morgan fingerprint density at radius 1 is 1.20 bits per heavy atom. The molecule has 98 valence electrons. The summed E-state index contributed by atoms with van der Waals surface area (Å²) in [4.78, 5) is 8.49. The standard InChI is InChI=1S/C15H10FN3O/c1-19-11-6-2-5-10(16)13(11)18-14(19)12-8-9-4-3-7-17-15(9)20-12/h2-8H,1H3. The number of furan rings is 1. The number of nitrogens with zero attached hydrogens (tertiary/aromatic N) is 3. The molecule has 4 rings (SSSR count). The van der Waals surface area contributed by atoms with Gasteiger partial charge < -0.3 is 8.98 Å². The second-order valence-corrected chi connectivity index (χ2v) is 4.61. The molecule has 0 N–H and O–H groups in total. The Morgan fingerprint density at radius 2 is 2.10 bits per heavy atom. The normalized spacial score (nSPS) is 11.5. The Kier molecular flexibility index (Phi) is 2.18. The summed E-state index contributed by atoms with van der Waals surface area (Å²) in [6.45, 7) is 0. The van der Waals surface area contributed by atoms with E-state index in [2.05, 4.69) is 9.97 Å². The molecule has 3 heterocycles. The number of hydrogen-bond acceptors (Lipinski definition) is 3. The van der Waals surface area contributed by atoms with E-state index >= 15 is 0 Å². The molecule has 0 unspecified atom stereocenters. The van der Waals surface area contributed by atoms with Crippen molar-refractivity contribution in [3.8, 4) is 11.6 Å². The zero-order valence-corrected chi connectivity index (χ0v) is 10.7. The van der Waals surface area contributed by atoms with Gasteiger partial charge in [0.05, 0.1) is 5.52 Å². The minimum absolute atomic E-state index is 0.335. The van der Waals surface area contributed by atoms with Crippen LogP contribution < -0.4 is 0 Å². The van der Waals surface area contributed by atoms with E-state index in [1.165, 1.54) is 6.07 Å². The first-order valence-corrected chi connectivity index (χ1v) is 6.20. The number of aromatic nitrogens is 3. The maximum Gasteiger partial charge on any atom is 0.226 e. The number of imidazole rings is 1. The maximum absolute atomic E-state index is 13.8. The average Bonchev–Trinajstić information content (AvgIpc) is 3.01. The van der Waals surface area contributed by atoms with Crippen molar-refractivity contribution in [2.75, 3.05) is 0 Å². The Labute approximate surface area is 113 Å². The molecule has 0 amide bonds. The molecule has 0 aliphatic heterocycles. The van der Waals surface area contributed by atoms with Crippen molar-refractivity contribution in [2.24, 2.45) is 7.05 Å². The molecule has 0 atom stereocenters. The second-order valence-electron chi connectivity index (χ2n) is 4.61. The molecular formula is C15H10FN3O. The van der Waals surface area contributed by atoms with Gasteiger partial charge in [-0.1, -0.05) is 6.07 Å². The number of fused-ring (bicyclic) bond motifs is 2. The van der Waals surface area contributed by atoms with Gasteiger partial charge in [0.15, 0.2) is 17.4 Å². The topological polar surface area (TPSA) is 43.9 Å². The molecule has 0 fully saturated rings. The van der Waals surface area contributed by atoms with Crippen LogP contribution in [0.25, 0.3) is 33.7 Å². The number of halogens is 1. The first-order chi connectivity index (χ1) is 9.74. The van der Waals surface area contributed by atoms with Crippen molar-refractivity contribution >= 4 is 22.1 Å². The van der Waals surface area contributed by atoms with Gasteiger partial charge in [0.2, 0.25) is 5.71 Å². The van der Waals surface area contributed by atoms with Gasteiger partial charge >= 0.3 is 0 Å². The lowest BCUT2D eigenvalue weighted by atomic mass is 10.3. The van der Waals surface area contributed by atoms with Gasteiger partial charge in [-0.2, -0.15) is 0 Å².